The third kappa shape index (κ3) is 5.01. The zero-order chi connectivity index (χ0) is 24.7. The van der Waals surface area contributed by atoms with Crippen molar-refractivity contribution in [3.05, 3.63) is 79.4 Å². The molecule has 0 saturated carbocycles. The van der Waals surface area contributed by atoms with E-state index in [1.54, 1.807) is 0 Å². The van der Waals surface area contributed by atoms with Crippen LogP contribution in [0.15, 0.2) is 79.4 Å². The van der Waals surface area contributed by atoms with Crippen LogP contribution in [0.2, 0.25) is 0 Å². The summed E-state index contributed by atoms with van der Waals surface area (Å²) in [6, 6.07) is 22.8. The molecule has 0 amide bonds. The van der Waals surface area contributed by atoms with Gasteiger partial charge in [0, 0.05) is 16.8 Å². The van der Waals surface area contributed by atoms with E-state index in [1.807, 2.05) is 18.2 Å². The fourth-order valence-electron chi connectivity index (χ4n) is 4.72. The summed E-state index contributed by atoms with van der Waals surface area (Å²) in [5.41, 5.74) is 3.48. The van der Waals surface area contributed by atoms with Crippen molar-refractivity contribution in [3.8, 4) is 5.75 Å². The lowest BCUT2D eigenvalue weighted by molar-refractivity contribution is -0.137. The number of carbonyl (C=O) groups excluding carboxylic acids is 1. The number of ether oxygens (including phenoxy) is 2. The van der Waals surface area contributed by atoms with Crippen molar-refractivity contribution in [2.24, 2.45) is 0 Å². The molecule has 1 heterocycles. The van der Waals surface area contributed by atoms with Gasteiger partial charge in [0.2, 0.25) is 0 Å². The van der Waals surface area contributed by atoms with Crippen LogP contribution in [0.4, 0.5) is 0 Å². The van der Waals surface area contributed by atoms with Crippen molar-refractivity contribution in [1.82, 2.24) is 9.97 Å². The van der Waals surface area contributed by atoms with Gasteiger partial charge in [-0.25, -0.2) is 14.8 Å². The van der Waals surface area contributed by atoms with Crippen LogP contribution in [0.1, 0.15) is 38.5 Å². The molecule has 5 nitrogen and oxygen atoms in total. The number of fused-ring (bicyclic) bond motifs is 7. The molecular weight excluding hydrogens is 448 g/mol. The highest BCUT2D eigenvalue weighted by Gasteiger charge is 2.13. The molecule has 0 radical (unpaired) electrons. The summed E-state index contributed by atoms with van der Waals surface area (Å²) in [5, 5.41) is 4.60. The van der Waals surface area contributed by atoms with Crippen LogP contribution in [0.25, 0.3) is 43.6 Å². The smallest absolute Gasteiger partial charge is 0.330 e. The summed E-state index contributed by atoms with van der Waals surface area (Å²) in [5.74, 6) is 0.433. The van der Waals surface area contributed by atoms with Crippen LogP contribution >= 0.6 is 0 Å². The average molecular weight is 479 g/mol. The zero-order valence-corrected chi connectivity index (χ0v) is 20.4. The van der Waals surface area contributed by atoms with E-state index in [-0.39, 0.29) is 5.97 Å². The molecule has 0 aliphatic heterocycles. The molecular formula is C31H30N2O3. The van der Waals surface area contributed by atoms with Crippen LogP contribution in [0.5, 0.6) is 5.75 Å². The number of unbranched alkanes of at least 4 members (excludes halogenated alkanes) is 5. The quantitative estimate of drug-likeness (QED) is 0.0645. The van der Waals surface area contributed by atoms with Gasteiger partial charge in [0.05, 0.1) is 29.8 Å². The summed E-state index contributed by atoms with van der Waals surface area (Å²) < 4.78 is 11.2. The highest BCUT2D eigenvalue weighted by molar-refractivity contribution is 6.23. The lowest BCUT2D eigenvalue weighted by atomic mass is 9.99. The van der Waals surface area contributed by atoms with Crippen LogP contribution in [-0.2, 0) is 9.53 Å². The van der Waals surface area contributed by atoms with Crippen molar-refractivity contribution in [2.45, 2.75) is 38.5 Å². The normalized spacial score (nSPS) is 11.3. The Bertz CT molecular complexity index is 1540. The van der Waals surface area contributed by atoms with Gasteiger partial charge in [0.25, 0.3) is 0 Å². The van der Waals surface area contributed by atoms with E-state index < -0.39 is 0 Å². The number of esters is 1. The fourth-order valence-corrected chi connectivity index (χ4v) is 4.72. The Morgan fingerprint density at radius 1 is 0.667 bits per heavy atom. The topological polar surface area (TPSA) is 61.3 Å². The second kappa shape index (κ2) is 11.2. The first-order valence-electron chi connectivity index (χ1n) is 12.7. The summed E-state index contributed by atoms with van der Waals surface area (Å²) in [7, 11) is 0. The maximum atomic E-state index is 11.0. The molecule has 0 atom stereocenters. The van der Waals surface area contributed by atoms with Gasteiger partial charge in [-0.3, -0.25) is 0 Å². The predicted molar refractivity (Wildman–Crippen MR) is 146 cm³/mol. The molecule has 0 bridgehead atoms. The SMILES string of the molecule is C=CC(=O)OCCCCCCCCOc1cccc2nc3c4ccccc4c4ccccc4c3nc12. The van der Waals surface area contributed by atoms with Gasteiger partial charge in [0.1, 0.15) is 11.3 Å². The van der Waals surface area contributed by atoms with Gasteiger partial charge >= 0.3 is 5.97 Å². The standard InChI is InChI=1S/C31H30N2O3/c1-2-28(34)36-21-12-6-4-3-5-11-20-35-27-19-13-18-26-31(27)33-30-25-17-10-8-15-23(25)22-14-7-9-16-24(22)29(30)32-26/h2,7-10,13-19H,1,3-6,11-12,20-21H2. The van der Waals surface area contributed by atoms with Gasteiger partial charge in [0.15, 0.2) is 0 Å². The van der Waals surface area contributed by atoms with Crippen molar-refractivity contribution in [1.29, 1.82) is 0 Å². The monoisotopic (exact) mass is 478 g/mol. The van der Waals surface area contributed by atoms with Crippen LogP contribution < -0.4 is 4.74 Å². The van der Waals surface area contributed by atoms with Gasteiger partial charge in [-0.15, -0.1) is 0 Å². The first-order chi connectivity index (χ1) is 17.8. The minimum Gasteiger partial charge on any atom is -0.491 e. The number of para-hydroxylation sites is 1. The maximum Gasteiger partial charge on any atom is 0.330 e. The highest BCUT2D eigenvalue weighted by Crippen LogP contribution is 2.35. The van der Waals surface area contributed by atoms with E-state index in [4.69, 9.17) is 19.4 Å². The molecule has 0 aliphatic carbocycles. The van der Waals surface area contributed by atoms with Gasteiger partial charge in [-0.2, -0.15) is 0 Å². The Labute approximate surface area is 210 Å². The summed E-state index contributed by atoms with van der Waals surface area (Å²) in [6.45, 7) is 4.51. The van der Waals surface area contributed by atoms with Crippen molar-refractivity contribution >= 4 is 49.6 Å². The van der Waals surface area contributed by atoms with E-state index in [2.05, 4.69) is 55.1 Å². The number of nitrogens with zero attached hydrogens (tertiary/aromatic N) is 2. The number of hydrogen-bond acceptors (Lipinski definition) is 5. The first-order valence-corrected chi connectivity index (χ1v) is 12.7. The van der Waals surface area contributed by atoms with Crippen LogP contribution in [0.3, 0.4) is 0 Å². The molecule has 36 heavy (non-hydrogen) atoms. The van der Waals surface area contributed by atoms with Crippen LogP contribution in [0, 0.1) is 0 Å². The molecule has 5 heteroatoms. The summed E-state index contributed by atoms with van der Waals surface area (Å²) in [4.78, 5) is 21.2. The molecule has 4 aromatic carbocycles. The lowest BCUT2D eigenvalue weighted by Gasteiger charge is -2.12. The van der Waals surface area contributed by atoms with E-state index in [0.29, 0.717) is 13.2 Å². The minimum atomic E-state index is -0.347. The van der Waals surface area contributed by atoms with Crippen molar-refractivity contribution < 1.29 is 14.3 Å². The molecule has 0 N–H and O–H groups in total. The molecule has 1 aromatic heterocycles. The zero-order valence-electron chi connectivity index (χ0n) is 20.4. The largest absolute Gasteiger partial charge is 0.491 e. The number of aromatic nitrogens is 2. The molecule has 0 spiro atoms. The number of rotatable bonds is 11. The lowest BCUT2D eigenvalue weighted by Crippen LogP contribution is -2.01. The third-order valence-electron chi connectivity index (χ3n) is 6.52. The Kier molecular flexibility index (Phi) is 7.36. The number of hydrogen-bond donors (Lipinski definition) is 0. The molecule has 182 valence electrons. The third-order valence-corrected chi connectivity index (χ3v) is 6.52. The Morgan fingerprint density at radius 3 is 1.92 bits per heavy atom. The second-order valence-electron chi connectivity index (χ2n) is 8.98. The van der Waals surface area contributed by atoms with Crippen LogP contribution in [-0.4, -0.2) is 29.2 Å². The van der Waals surface area contributed by atoms with Gasteiger partial charge in [-0.1, -0.05) is 86.9 Å². The van der Waals surface area contributed by atoms with E-state index in [1.165, 1.54) is 16.8 Å². The van der Waals surface area contributed by atoms with E-state index >= 15 is 0 Å². The van der Waals surface area contributed by atoms with Crippen molar-refractivity contribution in [2.75, 3.05) is 13.2 Å². The van der Waals surface area contributed by atoms with Gasteiger partial charge < -0.3 is 9.47 Å². The first kappa shape index (κ1) is 23.7. The number of carbonyl (C=O) groups is 1. The highest BCUT2D eigenvalue weighted by atomic mass is 16.5. The Hall–Kier alpha value is -3.99. The molecule has 0 aliphatic rings. The van der Waals surface area contributed by atoms with Crippen molar-refractivity contribution in [3.63, 3.8) is 0 Å². The number of benzene rings is 4. The van der Waals surface area contributed by atoms with E-state index in [0.717, 1.165) is 77.1 Å². The summed E-state index contributed by atoms with van der Waals surface area (Å²) in [6.07, 6.45) is 7.49. The van der Waals surface area contributed by atoms with E-state index in [9.17, 15) is 4.79 Å². The molecule has 0 fully saturated rings. The molecule has 5 aromatic rings. The average Bonchev–Trinajstić information content (AvgIpc) is 2.93. The second-order valence-corrected chi connectivity index (χ2v) is 8.98. The fraction of sp³-hybridized carbons (Fsp3) is 0.258. The molecule has 0 unspecified atom stereocenters. The summed E-state index contributed by atoms with van der Waals surface area (Å²) >= 11 is 0. The minimum absolute atomic E-state index is 0.347. The Morgan fingerprint density at radius 2 is 1.25 bits per heavy atom. The maximum absolute atomic E-state index is 11.0. The Balaban J connectivity index is 1.28. The predicted octanol–water partition coefficient (Wildman–Crippen LogP) is 7.54. The molecule has 0 saturated heterocycles. The van der Waals surface area contributed by atoms with Gasteiger partial charge in [-0.05, 0) is 35.7 Å². The molecule has 5 rings (SSSR count).